The van der Waals surface area contributed by atoms with Gasteiger partial charge < -0.3 is 20.4 Å². The van der Waals surface area contributed by atoms with E-state index in [0.29, 0.717) is 6.41 Å². The number of rotatable bonds is 6. The van der Waals surface area contributed by atoms with Gasteiger partial charge in [0.05, 0.1) is 0 Å². The third-order valence-corrected chi connectivity index (χ3v) is 7.23. The van der Waals surface area contributed by atoms with Gasteiger partial charge in [-0.15, -0.1) is 22.0 Å². The van der Waals surface area contributed by atoms with Gasteiger partial charge in [-0.05, 0) is 0 Å². The number of hydrogen-bond donors (Lipinski definition) is 3. The molecule has 2 amide bonds. The summed E-state index contributed by atoms with van der Waals surface area (Å²) in [5.41, 5.74) is -1.96. The number of carbonyl (C=O) groups is 3. The first-order valence-electron chi connectivity index (χ1n) is 7.41. The summed E-state index contributed by atoms with van der Waals surface area (Å²) in [4.78, 5) is 47.7. The summed E-state index contributed by atoms with van der Waals surface area (Å²) < 4.78 is 1.08. The normalized spacial score (nSPS) is 27.4. The molecule has 0 spiro atoms. The first kappa shape index (κ1) is 18.5. The molecule has 140 valence electrons. The number of carboxylic acid groups (broad SMARTS) is 1. The van der Waals surface area contributed by atoms with Crippen molar-refractivity contribution in [1.82, 2.24) is 25.0 Å². The minimum Gasteiger partial charge on any atom is -0.488 e. The van der Waals surface area contributed by atoms with Crippen molar-refractivity contribution in [1.29, 1.82) is 0 Å². The molecule has 2 saturated heterocycles. The number of hydrogen-bond acceptors (Lipinski definition) is 9. The van der Waals surface area contributed by atoms with E-state index >= 15 is 0 Å². The van der Waals surface area contributed by atoms with Gasteiger partial charge in [0, 0.05) is 25.1 Å². The van der Waals surface area contributed by atoms with E-state index in [-0.39, 0.29) is 34.5 Å². The Morgan fingerprint density at radius 1 is 1.50 bits per heavy atom. The number of nitrogens with one attached hydrogen (secondary N) is 1. The van der Waals surface area contributed by atoms with E-state index < -0.39 is 28.9 Å². The number of fused-ring (bicyclic) bond motifs is 1. The highest BCUT2D eigenvalue weighted by Gasteiger charge is 2.57. The molecule has 3 N–H and O–H groups in total. The summed E-state index contributed by atoms with van der Waals surface area (Å²) >= 11 is 2.31. The smallest absolute Gasteiger partial charge is 0.316 e. The number of aromatic hydroxyl groups is 1. The first-order valence-corrected chi connectivity index (χ1v) is 9.45. The van der Waals surface area contributed by atoms with Crippen LogP contribution in [0.5, 0.6) is 5.88 Å². The van der Waals surface area contributed by atoms with Gasteiger partial charge in [0.15, 0.2) is 5.16 Å². The second-order valence-corrected chi connectivity index (χ2v) is 8.02. The molecule has 0 saturated carbocycles. The zero-order chi connectivity index (χ0) is 19.1. The number of thioether (sulfide) groups is 2. The molecule has 2 unspecified atom stereocenters. The molecule has 26 heavy (non-hydrogen) atoms. The van der Waals surface area contributed by atoms with Crippen molar-refractivity contribution in [2.45, 2.75) is 16.6 Å². The van der Waals surface area contributed by atoms with Crippen LogP contribution in [0, 0.1) is 5.41 Å². The molecular weight excluding hydrogens is 386 g/mol. The van der Waals surface area contributed by atoms with Crippen LogP contribution in [0.1, 0.15) is 0 Å². The van der Waals surface area contributed by atoms with Crippen molar-refractivity contribution in [2.24, 2.45) is 12.5 Å². The average molecular weight is 401 g/mol. The molecule has 3 rings (SSSR count). The van der Waals surface area contributed by atoms with Crippen LogP contribution in [0.25, 0.3) is 0 Å². The summed E-state index contributed by atoms with van der Waals surface area (Å²) in [7, 11) is 1.40. The maximum atomic E-state index is 12.1. The summed E-state index contributed by atoms with van der Waals surface area (Å²) in [6, 6.07) is -0.624. The lowest BCUT2D eigenvalue weighted by molar-refractivity contribution is -0.156. The van der Waals surface area contributed by atoms with Crippen LogP contribution in [0.4, 0.5) is 0 Å². The molecule has 2 fully saturated rings. The van der Waals surface area contributed by atoms with Gasteiger partial charge in [0.25, 0.3) is 5.88 Å². The van der Waals surface area contributed by atoms with Crippen LogP contribution in [0.15, 0.2) is 9.95 Å². The van der Waals surface area contributed by atoms with Crippen LogP contribution in [0.2, 0.25) is 0 Å². The number of carboxylic acids is 1. The highest BCUT2D eigenvalue weighted by atomic mass is 32.2. The Balaban J connectivity index is 1.76. The van der Waals surface area contributed by atoms with Crippen molar-refractivity contribution in [3.8, 4) is 5.88 Å². The molecule has 0 aromatic carbocycles. The Labute approximate surface area is 155 Å². The summed E-state index contributed by atoms with van der Waals surface area (Å²) in [5, 5.41) is 28.4. The maximum Gasteiger partial charge on any atom is 0.316 e. The van der Waals surface area contributed by atoms with Gasteiger partial charge in [-0.3, -0.25) is 23.7 Å². The van der Waals surface area contributed by atoms with Gasteiger partial charge in [-0.25, -0.2) is 0 Å². The third kappa shape index (κ3) is 2.90. The van der Waals surface area contributed by atoms with Crippen LogP contribution < -0.4 is 10.9 Å². The maximum absolute atomic E-state index is 12.1. The Hall–Kier alpha value is -2.28. The predicted octanol–water partition coefficient (Wildman–Crippen LogP) is -1.93. The standard InChI is InChI=1S/C13H15N5O6S2/c1-17-9(22)7(20)15-16-12(17)26-4-13(11(23)24)2-18-8(21)6(14-5-19)10(18)25-3-13/h5-6,10H,2-4H2,1H3,(H,14,19)(H,15,20)(H,23,24)/t6?,10-,13?/m1/s1. The molecule has 11 nitrogen and oxygen atoms in total. The van der Waals surface area contributed by atoms with Gasteiger partial charge in [-0.2, -0.15) is 0 Å². The van der Waals surface area contributed by atoms with Crippen molar-refractivity contribution in [3.63, 3.8) is 0 Å². The second kappa shape index (κ2) is 6.79. The van der Waals surface area contributed by atoms with E-state index in [9.17, 15) is 29.4 Å². The highest BCUT2D eigenvalue weighted by molar-refractivity contribution is 8.00. The fraction of sp³-hybridized carbons (Fsp3) is 0.538. The zero-order valence-electron chi connectivity index (χ0n) is 13.5. The number of nitrogens with zero attached hydrogens (tertiary/aromatic N) is 4. The van der Waals surface area contributed by atoms with Gasteiger partial charge in [0.2, 0.25) is 12.3 Å². The molecule has 3 atom stereocenters. The van der Waals surface area contributed by atoms with Gasteiger partial charge >= 0.3 is 11.5 Å². The molecule has 13 heteroatoms. The van der Waals surface area contributed by atoms with E-state index in [4.69, 9.17) is 0 Å². The molecule has 1 aromatic rings. The number of aromatic nitrogens is 3. The van der Waals surface area contributed by atoms with E-state index in [1.165, 1.54) is 23.7 Å². The van der Waals surface area contributed by atoms with Crippen molar-refractivity contribution in [2.75, 3.05) is 18.1 Å². The van der Waals surface area contributed by atoms with E-state index in [0.717, 1.165) is 16.3 Å². The Morgan fingerprint density at radius 2 is 2.23 bits per heavy atom. The van der Waals surface area contributed by atoms with Crippen molar-refractivity contribution < 1.29 is 24.6 Å². The summed E-state index contributed by atoms with van der Waals surface area (Å²) in [6.07, 6.45) is 0.458. The SMILES string of the molecule is Cn1c(SCC2(C(=O)O)CS[C@@H]3C(NC=O)C(=O)N3C2)nnc(O)c1=O. The number of aliphatic carboxylic acids is 1. The molecule has 1 aromatic heterocycles. The first-order chi connectivity index (χ1) is 12.3. The van der Waals surface area contributed by atoms with E-state index in [1.54, 1.807) is 0 Å². The number of carbonyl (C=O) groups excluding carboxylic acids is 2. The number of amides is 2. The van der Waals surface area contributed by atoms with Crippen LogP contribution in [0.3, 0.4) is 0 Å². The third-order valence-electron chi connectivity index (χ3n) is 4.34. The van der Waals surface area contributed by atoms with Crippen LogP contribution >= 0.6 is 23.5 Å². The molecule has 0 radical (unpaired) electrons. The minimum atomic E-state index is -1.23. The van der Waals surface area contributed by atoms with Crippen molar-refractivity contribution in [3.05, 3.63) is 10.4 Å². The Kier molecular flexibility index (Phi) is 4.84. The van der Waals surface area contributed by atoms with Gasteiger partial charge in [-0.1, -0.05) is 11.8 Å². The lowest BCUT2D eigenvalue weighted by Crippen LogP contribution is -2.73. The fourth-order valence-corrected chi connectivity index (χ4v) is 5.54. The summed E-state index contributed by atoms with van der Waals surface area (Å²) in [6.45, 7) is 0.00231. The summed E-state index contributed by atoms with van der Waals surface area (Å²) in [5.74, 6) is -1.82. The molecule has 0 bridgehead atoms. The monoisotopic (exact) mass is 401 g/mol. The molecular formula is C13H15N5O6S2. The topological polar surface area (TPSA) is 155 Å². The lowest BCUT2D eigenvalue weighted by atomic mass is 9.89. The Bertz CT molecular complexity index is 832. The second-order valence-electron chi connectivity index (χ2n) is 5.97. The van der Waals surface area contributed by atoms with Gasteiger partial charge in [0.1, 0.15) is 16.8 Å². The number of β-lactam (4-membered cyclic amide) rings is 1. The minimum absolute atomic E-state index is 0.00231. The Morgan fingerprint density at radius 3 is 2.88 bits per heavy atom. The highest BCUT2D eigenvalue weighted by Crippen LogP contribution is 2.44. The van der Waals surface area contributed by atoms with E-state index in [2.05, 4.69) is 15.5 Å². The fourth-order valence-electron chi connectivity index (χ4n) is 2.77. The van der Waals surface area contributed by atoms with E-state index in [1.807, 2.05) is 0 Å². The van der Waals surface area contributed by atoms with Crippen LogP contribution in [-0.4, -0.2) is 77.6 Å². The molecule has 2 aliphatic heterocycles. The lowest BCUT2D eigenvalue weighted by Gasteiger charge is -2.53. The average Bonchev–Trinajstić information content (AvgIpc) is 2.63. The predicted molar refractivity (Wildman–Crippen MR) is 90.7 cm³/mol. The molecule has 3 heterocycles. The quantitative estimate of drug-likeness (QED) is 0.279. The zero-order valence-corrected chi connectivity index (χ0v) is 15.1. The largest absolute Gasteiger partial charge is 0.488 e. The van der Waals surface area contributed by atoms with Crippen LogP contribution in [-0.2, 0) is 21.4 Å². The molecule has 2 aliphatic rings. The van der Waals surface area contributed by atoms with Crippen molar-refractivity contribution >= 4 is 41.8 Å². The molecule has 0 aliphatic carbocycles.